The maximum atomic E-state index is 5.30. The van der Waals surface area contributed by atoms with Crippen LogP contribution in [0.3, 0.4) is 0 Å². The minimum atomic E-state index is 0.667. The molecule has 3 nitrogen and oxygen atoms in total. The molecule has 0 saturated heterocycles. The highest BCUT2D eigenvalue weighted by Gasteiger charge is 2.07. The molecule has 0 bridgehead atoms. The summed E-state index contributed by atoms with van der Waals surface area (Å²) in [5.74, 6) is 1.38. The summed E-state index contributed by atoms with van der Waals surface area (Å²) in [6.07, 6.45) is 2.86. The lowest BCUT2D eigenvalue weighted by molar-refractivity contribution is 0.376. The monoisotopic (exact) mass is 264 g/mol. The molecular weight excluding hydrogens is 248 g/mol. The van der Waals surface area contributed by atoms with Crippen molar-refractivity contribution < 1.29 is 4.52 Å². The van der Waals surface area contributed by atoms with E-state index in [-0.39, 0.29) is 0 Å². The van der Waals surface area contributed by atoms with Crippen LogP contribution in [-0.4, -0.2) is 10.1 Å². The second-order valence-electron chi connectivity index (χ2n) is 4.72. The van der Waals surface area contributed by atoms with Gasteiger partial charge in [0.25, 0.3) is 0 Å². The van der Waals surface area contributed by atoms with Crippen molar-refractivity contribution in [1.29, 1.82) is 0 Å². The van der Waals surface area contributed by atoms with E-state index in [2.05, 4.69) is 34.4 Å². The van der Waals surface area contributed by atoms with Crippen LogP contribution in [0.4, 0.5) is 0 Å². The summed E-state index contributed by atoms with van der Waals surface area (Å²) < 4.78 is 5.30. The summed E-state index contributed by atoms with van der Waals surface area (Å²) in [4.78, 5) is 4.43. The van der Waals surface area contributed by atoms with E-state index in [1.165, 1.54) is 5.56 Å². The normalized spacial score (nSPS) is 10.6. The third-order valence-corrected chi connectivity index (χ3v) is 3.20. The zero-order chi connectivity index (χ0) is 13.6. The van der Waals surface area contributed by atoms with Crippen molar-refractivity contribution in [3.63, 3.8) is 0 Å². The summed E-state index contributed by atoms with van der Waals surface area (Å²) in [6.45, 7) is 0. The third kappa shape index (κ3) is 3.12. The van der Waals surface area contributed by atoms with Gasteiger partial charge in [0.1, 0.15) is 0 Å². The minimum absolute atomic E-state index is 0.667. The van der Waals surface area contributed by atoms with Gasteiger partial charge in [-0.3, -0.25) is 0 Å². The molecule has 3 aromatic rings. The smallest absolute Gasteiger partial charge is 0.226 e. The van der Waals surface area contributed by atoms with Crippen LogP contribution in [0.25, 0.3) is 11.4 Å². The lowest BCUT2D eigenvalue weighted by Crippen LogP contribution is -1.90. The molecule has 0 unspecified atom stereocenters. The largest absolute Gasteiger partial charge is 0.339 e. The maximum Gasteiger partial charge on any atom is 0.226 e. The molecule has 0 amide bonds. The van der Waals surface area contributed by atoms with E-state index in [1.54, 1.807) is 0 Å². The molecule has 1 aromatic heterocycles. The summed E-state index contributed by atoms with van der Waals surface area (Å²) in [5, 5.41) is 4.03. The quantitative estimate of drug-likeness (QED) is 0.701. The molecule has 0 aliphatic carbocycles. The van der Waals surface area contributed by atoms with Gasteiger partial charge in [0.05, 0.1) is 0 Å². The van der Waals surface area contributed by atoms with E-state index in [0.717, 1.165) is 24.8 Å². The molecule has 0 radical (unpaired) electrons. The van der Waals surface area contributed by atoms with Crippen LogP contribution in [0.15, 0.2) is 65.2 Å². The average molecular weight is 264 g/mol. The predicted octanol–water partition coefficient (Wildman–Crippen LogP) is 3.91. The van der Waals surface area contributed by atoms with Crippen LogP contribution < -0.4 is 0 Å². The molecule has 0 fully saturated rings. The Kier molecular flexibility index (Phi) is 3.88. The Labute approximate surface area is 118 Å². The Bertz CT molecular complexity index is 647. The summed E-state index contributed by atoms with van der Waals surface area (Å²) in [6, 6.07) is 20.3. The number of benzene rings is 2. The van der Waals surface area contributed by atoms with Crippen molar-refractivity contribution in [3.05, 3.63) is 72.1 Å². The lowest BCUT2D eigenvalue weighted by Gasteiger charge is -1.98. The third-order valence-electron chi connectivity index (χ3n) is 3.20. The molecule has 20 heavy (non-hydrogen) atoms. The van der Waals surface area contributed by atoms with Gasteiger partial charge < -0.3 is 4.52 Å². The number of nitrogens with zero attached hydrogens (tertiary/aromatic N) is 2. The number of hydrogen-bond acceptors (Lipinski definition) is 3. The van der Waals surface area contributed by atoms with Crippen molar-refractivity contribution in [2.45, 2.75) is 19.3 Å². The summed E-state index contributed by atoms with van der Waals surface area (Å²) >= 11 is 0. The molecular formula is C17H16N2O. The number of rotatable bonds is 5. The molecule has 1 heterocycles. The van der Waals surface area contributed by atoms with Crippen molar-refractivity contribution in [2.24, 2.45) is 0 Å². The van der Waals surface area contributed by atoms with Crippen LogP contribution >= 0.6 is 0 Å². The minimum Gasteiger partial charge on any atom is -0.339 e. The zero-order valence-corrected chi connectivity index (χ0v) is 11.2. The molecule has 0 atom stereocenters. The Balaban J connectivity index is 1.58. The van der Waals surface area contributed by atoms with Gasteiger partial charge in [0.15, 0.2) is 0 Å². The molecule has 0 saturated carbocycles. The Hall–Kier alpha value is -2.42. The first-order valence-electron chi connectivity index (χ1n) is 6.84. The molecule has 100 valence electrons. The van der Waals surface area contributed by atoms with Gasteiger partial charge >= 0.3 is 0 Å². The number of hydrogen-bond donors (Lipinski definition) is 0. The Morgan fingerprint density at radius 3 is 2.25 bits per heavy atom. The van der Waals surface area contributed by atoms with Crippen molar-refractivity contribution >= 4 is 0 Å². The van der Waals surface area contributed by atoms with Crippen LogP contribution in [-0.2, 0) is 12.8 Å². The molecule has 3 heteroatoms. The SMILES string of the molecule is c1ccc(CCCc2nc(-c3ccccc3)no2)cc1. The average Bonchev–Trinajstić information content (AvgIpc) is 2.98. The highest BCUT2D eigenvalue weighted by molar-refractivity contribution is 5.53. The zero-order valence-electron chi connectivity index (χ0n) is 11.2. The van der Waals surface area contributed by atoms with Crippen LogP contribution in [0, 0.1) is 0 Å². The van der Waals surface area contributed by atoms with Crippen molar-refractivity contribution in [2.75, 3.05) is 0 Å². The van der Waals surface area contributed by atoms with Gasteiger partial charge in [-0.15, -0.1) is 0 Å². The van der Waals surface area contributed by atoms with Crippen molar-refractivity contribution in [1.82, 2.24) is 10.1 Å². The highest BCUT2D eigenvalue weighted by Crippen LogP contribution is 2.15. The second-order valence-corrected chi connectivity index (χ2v) is 4.72. The maximum absolute atomic E-state index is 5.30. The van der Waals surface area contributed by atoms with E-state index in [9.17, 15) is 0 Å². The van der Waals surface area contributed by atoms with E-state index in [4.69, 9.17) is 4.52 Å². The van der Waals surface area contributed by atoms with Crippen molar-refractivity contribution in [3.8, 4) is 11.4 Å². The Morgan fingerprint density at radius 2 is 1.50 bits per heavy atom. The van der Waals surface area contributed by atoms with Crippen LogP contribution in [0.5, 0.6) is 0 Å². The number of aryl methyl sites for hydroxylation is 2. The fourth-order valence-corrected chi connectivity index (χ4v) is 2.15. The van der Waals surface area contributed by atoms with Gasteiger partial charge in [-0.05, 0) is 18.4 Å². The topological polar surface area (TPSA) is 38.9 Å². The van der Waals surface area contributed by atoms with Crippen LogP contribution in [0.2, 0.25) is 0 Å². The molecule has 3 rings (SSSR count). The first-order valence-corrected chi connectivity index (χ1v) is 6.84. The summed E-state index contributed by atoms with van der Waals surface area (Å²) in [5.41, 5.74) is 2.33. The first kappa shape index (κ1) is 12.6. The predicted molar refractivity (Wildman–Crippen MR) is 78.2 cm³/mol. The van der Waals surface area contributed by atoms with E-state index >= 15 is 0 Å². The Morgan fingerprint density at radius 1 is 0.800 bits per heavy atom. The lowest BCUT2D eigenvalue weighted by atomic mass is 10.1. The van der Waals surface area contributed by atoms with Gasteiger partial charge in [-0.2, -0.15) is 4.98 Å². The van der Waals surface area contributed by atoms with Gasteiger partial charge in [0.2, 0.25) is 11.7 Å². The van der Waals surface area contributed by atoms with Gasteiger partial charge in [-0.1, -0.05) is 65.8 Å². The number of aromatic nitrogens is 2. The second kappa shape index (κ2) is 6.15. The van der Waals surface area contributed by atoms with Crippen LogP contribution in [0.1, 0.15) is 17.9 Å². The van der Waals surface area contributed by atoms with Gasteiger partial charge in [-0.25, -0.2) is 0 Å². The van der Waals surface area contributed by atoms with E-state index in [0.29, 0.717) is 11.7 Å². The standard InChI is InChI=1S/C17H16N2O/c1-3-8-14(9-4-1)10-7-13-16-18-17(19-20-16)15-11-5-2-6-12-15/h1-6,8-9,11-12H,7,10,13H2. The molecule has 0 aliphatic heterocycles. The fraction of sp³-hybridized carbons (Fsp3) is 0.176. The molecule has 0 spiro atoms. The van der Waals surface area contributed by atoms with E-state index in [1.807, 2.05) is 36.4 Å². The van der Waals surface area contributed by atoms with E-state index < -0.39 is 0 Å². The molecule has 0 N–H and O–H groups in total. The molecule has 2 aromatic carbocycles. The highest BCUT2D eigenvalue weighted by atomic mass is 16.5. The molecule has 0 aliphatic rings. The van der Waals surface area contributed by atoms with Gasteiger partial charge in [0, 0.05) is 12.0 Å². The fourth-order valence-electron chi connectivity index (χ4n) is 2.15. The summed E-state index contributed by atoms with van der Waals surface area (Å²) in [7, 11) is 0. The first-order chi connectivity index (χ1) is 9.92.